The van der Waals surface area contributed by atoms with Crippen molar-refractivity contribution in [2.24, 2.45) is 5.92 Å². The molecule has 2 aromatic heterocycles. The lowest BCUT2D eigenvalue weighted by molar-refractivity contribution is 0.0240. The van der Waals surface area contributed by atoms with Gasteiger partial charge in [-0.1, -0.05) is 6.92 Å². The standard InChI is InChI=1S/C18H27N3O3S/c1-4-24-10-12(22)8-21(3)9-15-19-17(23)16-13-6-5-11(2)7-14(13)25-18(16)20-15/h11-12,22H,4-10H2,1-3H3,(H,19,20,23)/t11-,12+/m0/s1. The molecule has 0 saturated heterocycles. The molecule has 0 spiro atoms. The highest BCUT2D eigenvalue weighted by Gasteiger charge is 2.23. The lowest BCUT2D eigenvalue weighted by Gasteiger charge is -2.19. The number of aliphatic hydroxyl groups is 1. The van der Waals surface area contributed by atoms with Gasteiger partial charge in [-0.25, -0.2) is 4.98 Å². The zero-order chi connectivity index (χ0) is 18.0. The van der Waals surface area contributed by atoms with E-state index in [1.807, 2.05) is 18.9 Å². The summed E-state index contributed by atoms with van der Waals surface area (Å²) in [6.45, 7) is 6.04. The fourth-order valence-electron chi connectivity index (χ4n) is 3.45. The summed E-state index contributed by atoms with van der Waals surface area (Å²) < 4.78 is 5.23. The normalized spacial score (nSPS) is 18.7. The van der Waals surface area contributed by atoms with E-state index >= 15 is 0 Å². The summed E-state index contributed by atoms with van der Waals surface area (Å²) in [4.78, 5) is 24.3. The quantitative estimate of drug-likeness (QED) is 0.784. The summed E-state index contributed by atoms with van der Waals surface area (Å²) in [5, 5.41) is 10.7. The fraction of sp³-hybridized carbons (Fsp3) is 0.667. The second-order valence-electron chi connectivity index (χ2n) is 7.05. The maximum absolute atomic E-state index is 12.6. The monoisotopic (exact) mass is 365 g/mol. The predicted octanol–water partition coefficient (Wildman–Crippen LogP) is 1.94. The Kier molecular flexibility index (Phi) is 5.89. The van der Waals surface area contributed by atoms with Gasteiger partial charge in [-0.05, 0) is 44.7 Å². The highest BCUT2D eigenvalue weighted by molar-refractivity contribution is 7.18. The Morgan fingerprint density at radius 3 is 3.08 bits per heavy atom. The van der Waals surface area contributed by atoms with Crippen LogP contribution in [0.25, 0.3) is 10.2 Å². The number of aromatic nitrogens is 2. The number of thiophene rings is 1. The Labute approximate surface area is 151 Å². The molecule has 0 radical (unpaired) electrons. The van der Waals surface area contributed by atoms with Crippen LogP contribution in [-0.2, 0) is 24.1 Å². The van der Waals surface area contributed by atoms with Crippen LogP contribution in [0.5, 0.6) is 0 Å². The average Bonchev–Trinajstić information content (AvgIpc) is 2.90. The third-order valence-corrected chi connectivity index (χ3v) is 5.82. The molecule has 0 aliphatic heterocycles. The number of nitrogens with zero attached hydrogens (tertiary/aromatic N) is 2. The van der Waals surface area contributed by atoms with Crippen molar-refractivity contribution in [1.29, 1.82) is 0 Å². The number of hydrogen-bond acceptors (Lipinski definition) is 6. The number of rotatable bonds is 7. The SMILES string of the molecule is CCOC[C@H](O)CN(C)Cc1nc2sc3c(c2c(=O)[nH]1)CC[C@H](C)C3. The molecular formula is C18H27N3O3S. The minimum atomic E-state index is -0.545. The van der Waals surface area contributed by atoms with Gasteiger partial charge in [0.1, 0.15) is 10.7 Å². The molecule has 7 heteroatoms. The number of likely N-dealkylation sites (N-methyl/N-ethyl adjacent to an activating group) is 1. The van der Waals surface area contributed by atoms with Crippen molar-refractivity contribution in [3.8, 4) is 0 Å². The van der Waals surface area contributed by atoms with Crippen molar-refractivity contribution in [3.63, 3.8) is 0 Å². The van der Waals surface area contributed by atoms with Crippen molar-refractivity contribution < 1.29 is 9.84 Å². The number of fused-ring (bicyclic) bond motifs is 3. The van der Waals surface area contributed by atoms with Gasteiger partial charge in [-0.15, -0.1) is 11.3 Å². The van der Waals surface area contributed by atoms with E-state index in [0.29, 0.717) is 38.0 Å². The maximum Gasteiger partial charge on any atom is 0.259 e. The van der Waals surface area contributed by atoms with Gasteiger partial charge in [-0.2, -0.15) is 0 Å². The van der Waals surface area contributed by atoms with Gasteiger partial charge in [0.25, 0.3) is 5.56 Å². The maximum atomic E-state index is 12.6. The minimum absolute atomic E-state index is 0.0321. The molecule has 2 N–H and O–H groups in total. The summed E-state index contributed by atoms with van der Waals surface area (Å²) in [6.07, 6.45) is 2.62. The Bertz CT molecular complexity index is 786. The number of aliphatic hydroxyl groups excluding tert-OH is 1. The van der Waals surface area contributed by atoms with Crippen LogP contribution in [0.3, 0.4) is 0 Å². The van der Waals surface area contributed by atoms with Crippen molar-refractivity contribution in [1.82, 2.24) is 14.9 Å². The van der Waals surface area contributed by atoms with Gasteiger partial charge in [0, 0.05) is 18.0 Å². The zero-order valence-electron chi connectivity index (χ0n) is 15.2. The molecule has 0 amide bonds. The molecule has 138 valence electrons. The molecule has 0 fully saturated rings. The molecule has 3 rings (SSSR count). The topological polar surface area (TPSA) is 78.5 Å². The first kappa shape index (κ1) is 18.5. The van der Waals surface area contributed by atoms with E-state index in [9.17, 15) is 9.90 Å². The molecule has 2 atom stereocenters. The van der Waals surface area contributed by atoms with E-state index in [0.717, 1.165) is 29.5 Å². The zero-order valence-corrected chi connectivity index (χ0v) is 16.0. The van der Waals surface area contributed by atoms with Gasteiger partial charge in [0.2, 0.25) is 0 Å². The number of ether oxygens (including phenoxy) is 1. The number of H-pyrrole nitrogens is 1. The van der Waals surface area contributed by atoms with Crippen LogP contribution in [0.1, 0.15) is 36.5 Å². The highest BCUT2D eigenvalue weighted by Crippen LogP contribution is 2.35. The van der Waals surface area contributed by atoms with Crippen molar-refractivity contribution >= 4 is 21.6 Å². The first-order valence-electron chi connectivity index (χ1n) is 8.95. The van der Waals surface area contributed by atoms with Crippen molar-refractivity contribution in [3.05, 3.63) is 26.6 Å². The van der Waals surface area contributed by atoms with Crippen LogP contribution in [0.15, 0.2) is 4.79 Å². The Morgan fingerprint density at radius 2 is 2.32 bits per heavy atom. The average molecular weight is 365 g/mol. The Balaban J connectivity index is 1.76. The summed E-state index contributed by atoms with van der Waals surface area (Å²) in [5.41, 5.74) is 1.18. The smallest absolute Gasteiger partial charge is 0.259 e. The number of aromatic amines is 1. The molecule has 1 aliphatic carbocycles. The molecule has 6 nitrogen and oxygen atoms in total. The van der Waals surface area contributed by atoms with Crippen LogP contribution in [0, 0.1) is 5.92 Å². The lowest BCUT2D eigenvalue weighted by atomic mass is 9.89. The van der Waals surface area contributed by atoms with Gasteiger partial charge in [0.15, 0.2) is 0 Å². The summed E-state index contributed by atoms with van der Waals surface area (Å²) in [7, 11) is 1.90. The Hall–Kier alpha value is -1.28. The van der Waals surface area contributed by atoms with Crippen LogP contribution in [0.4, 0.5) is 0 Å². The second-order valence-corrected chi connectivity index (χ2v) is 8.14. The predicted molar refractivity (Wildman–Crippen MR) is 100 cm³/mol. The van der Waals surface area contributed by atoms with Crippen LogP contribution in [0.2, 0.25) is 0 Å². The molecule has 25 heavy (non-hydrogen) atoms. The molecule has 0 aromatic carbocycles. The lowest BCUT2D eigenvalue weighted by Crippen LogP contribution is -2.32. The van der Waals surface area contributed by atoms with E-state index in [1.165, 1.54) is 10.4 Å². The second kappa shape index (κ2) is 7.95. The summed E-state index contributed by atoms with van der Waals surface area (Å²) >= 11 is 1.66. The summed E-state index contributed by atoms with van der Waals surface area (Å²) in [5.74, 6) is 1.33. The van der Waals surface area contributed by atoms with E-state index < -0.39 is 6.10 Å². The van der Waals surface area contributed by atoms with Crippen molar-refractivity contribution in [2.45, 2.75) is 45.8 Å². The van der Waals surface area contributed by atoms with Crippen LogP contribution in [-0.4, -0.2) is 52.9 Å². The summed E-state index contributed by atoms with van der Waals surface area (Å²) in [6, 6.07) is 0. The first-order chi connectivity index (χ1) is 12.0. The number of nitrogens with one attached hydrogen (secondary N) is 1. The fourth-order valence-corrected chi connectivity index (χ4v) is 4.86. The van der Waals surface area contributed by atoms with E-state index in [-0.39, 0.29) is 5.56 Å². The molecule has 0 saturated carbocycles. The molecule has 0 unspecified atom stereocenters. The number of hydrogen-bond donors (Lipinski definition) is 2. The Morgan fingerprint density at radius 1 is 1.52 bits per heavy atom. The molecule has 1 aliphatic rings. The minimum Gasteiger partial charge on any atom is -0.389 e. The third-order valence-electron chi connectivity index (χ3n) is 4.67. The van der Waals surface area contributed by atoms with Crippen LogP contribution >= 0.6 is 11.3 Å². The number of aryl methyl sites for hydroxylation is 1. The molecule has 2 aromatic rings. The van der Waals surface area contributed by atoms with Gasteiger partial charge in [-0.3, -0.25) is 9.69 Å². The third kappa shape index (κ3) is 4.28. The van der Waals surface area contributed by atoms with Gasteiger partial charge >= 0.3 is 0 Å². The molecule has 0 bridgehead atoms. The van der Waals surface area contributed by atoms with E-state index in [4.69, 9.17) is 4.74 Å². The molecule has 2 heterocycles. The largest absolute Gasteiger partial charge is 0.389 e. The van der Waals surface area contributed by atoms with Crippen LogP contribution < -0.4 is 5.56 Å². The molecular weight excluding hydrogens is 338 g/mol. The van der Waals surface area contributed by atoms with E-state index in [1.54, 1.807) is 11.3 Å². The highest BCUT2D eigenvalue weighted by atomic mass is 32.1. The first-order valence-corrected chi connectivity index (χ1v) is 9.77. The van der Waals surface area contributed by atoms with Gasteiger partial charge < -0.3 is 14.8 Å². The van der Waals surface area contributed by atoms with Gasteiger partial charge in [0.05, 0.1) is 24.6 Å². The van der Waals surface area contributed by atoms with Crippen molar-refractivity contribution in [2.75, 3.05) is 26.8 Å². The van der Waals surface area contributed by atoms with E-state index in [2.05, 4.69) is 16.9 Å².